The van der Waals surface area contributed by atoms with Crippen molar-refractivity contribution < 1.29 is 9.15 Å². The Labute approximate surface area is 167 Å². The Morgan fingerprint density at radius 2 is 2.00 bits per heavy atom. The van der Waals surface area contributed by atoms with Crippen LogP contribution < -0.4 is 15.4 Å². The molecule has 0 aliphatic carbocycles. The highest BCUT2D eigenvalue weighted by Gasteiger charge is 2.09. The van der Waals surface area contributed by atoms with Gasteiger partial charge in [0, 0.05) is 23.8 Å². The summed E-state index contributed by atoms with van der Waals surface area (Å²) in [4.78, 5) is 17.3. The molecule has 1 aromatic carbocycles. The summed E-state index contributed by atoms with van der Waals surface area (Å²) >= 11 is 0. The number of imidazole rings is 1. The third-order valence-corrected chi connectivity index (χ3v) is 4.10. The van der Waals surface area contributed by atoms with E-state index in [2.05, 4.69) is 30.6 Å². The monoisotopic (exact) mass is 391 g/mol. The summed E-state index contributed by atoms with van der Waals surface area (Å²) in [6.07, 6.45) is 5.31. The van der Waals surface area contributed by atoms with Gasteiger partial charge < -0.3 is 24.4 Å². The number of nitrogens with zero attached hydrogens (tertiary/aromatic N) is 5. The van der Waals surface area contributed by atoms with E-state index in [4.69, 9.17) is 9.15 Å². The number of nitrogens with one attached hydrogen (secondary N) is 2. The molecule has 9 heteroatoms. The molecular formula is C20H21N7O2. The lowest BCUT2D eigenvalue weighted by molar-refractivity contribution is 0.312. The van der Waals surface area contributed by atoms with E-state index in [0.29, 0.717) is 25.0 Å². The molecule has 0 radical (unpaired) electrons. The minimum Gasteiger partial charge on any atom is -0.467 e. The lowest BCUT2D eigenvalue weighted by Gasteiger charge is -2.11. The highest BCUT2D eigenvalue weighted by Crippen LogP contribution is 2.20. The lowest BCUT2D eigenvalue weighted by atomic mass is 10.2. The van der Waals surface area contributed by atoms with E-state index in [-0.39, 0.29) is 6.01 Å². The quantitative estimate of drug-likeness (QED) is 0.468. The van der Waals surface area contributed by atoms with Gasteiger partial charge >= 0.3 is 6.01 Å². The van der Waals surface area contributed by atoms with Gasteiger partial charge in [-0.1, -0.05) is 6.07 Å². The largest absolute Gasteiger partial charge is 0.467 e. The van der Waals surface area contributed by atoms with Gasteiger partial charge in [-0.25, -0.2) is 4.98 Å². The number of benzene rings is 1. The Kier molecular flexibility index (Phi) is 5.37. The molecule has 2 N–H and O–H groups in total. The van der Waals surface area contributed by atoms with Crippen LogP contribution in [0.1, 0.15) is 18.5 Å². The Hall–Kier alpha value is -3.88. The molecule has 29 heavy (non-hydrogen) atoms. The summed E-state index contributed by atoms with van der Waals surface area (Å²) in [5.74, 6) is 2.46. The third-order valence-electron chi connectivity index (χ3n) is 4.10. The lowest BCUT2D eigenvalue weighted by Crippen LogP contribution is -2.09. The van der Waals surface area contributed by atoms with Crippen LogP contribution in [0.4, 0.5) is 17.6 Å². The number of furan rings is 1. The number of aryl methyl sites for hydroxylation is 1. The molecule has 0 bridgehead atoms. The number of rotatable bonds is 8. The molecule has 0 fully saturated rings. The molecule has 0 amide bonds. The van der Waals surface area contributed by atoms with Crippen LogP contribution in [-0.2, 0) is 6.54 Å². The molecule has 0 saturated carbocycles. The SMILES string of the molecule is CCOc1nc(NCc2ccco2)nc(Nc2cccc(-n3ccnc3C)c2)n1. The summed E-state index contributed by atoms with van der Waals surface area (Å²) < 4.78 is 12.8. The van der Waals surface area contributed by atoms with E-state index in [1.807, 2.05) is 61.0 Å². The summed E-state index contributed by atoms with van der Waals surface area (Å²) in [6.45, 7) is 4.75. The first-order valence-electron chi connectivity index (χ1n) is 9.24. The summed E-state index contributed by atoms with van der Waals surface area (Å²) in [7, 11) is 0. The second kappa shape index (κ2) is 8.42. The number of hydrogen-bond acceptors (Lipinski definition) is 8. The average molecular weight is 391 g/mol. The summed E-state index contributed by atoms with van der Waals surface area (Å²) in [6, 6.07) is 11.9. The molecule has 4 aromatic rings. The first kappa shape index (κ1) is 18.5. The zero-order valence-corrected chi connectivity index (χ0v) is 16.2. The van der Waals surface area contributed by atoms with Crippen LogP contribution in [0.3, 0.4) is 0 Å². The standard InChI is InChI=1S/C20H21N7O2/c1-3-28-20-25-18(22-13-17-8-5-11-29-17)24-19(26-20)23-15-6-4-7-16(12-15)27-10-9-21-14(27)2/h4-12H,3,13H2,1-2H3,(H2,22,23,24,25,26). The van der Waals surface area contributed by atoms with E-state index in [1.165, 1.54) is 0 Å². The number of anilines is 3. The van der Waals surface area contributed by atoms with Gasteiger partial charge in [-0.15, -0.1) is 0 Å². The van der Waals surface area contributed by atoms with Gasteiger partial charge in [0.15, 0.2) is 0 Å². The van der Waals surface area contributed by atoms with Gasteiger partial charge in [0.1, 0.15) is 11.6 Å². The minimum absolute atomic E-state index is 0.244. The van der Waals surface area contributed by atoms with Crippen molar-refractivity contribution in [1.29, 1.82) is 0 Å². The number of aromatic nitrogens is 5. The van der Waals surface area contributed by atoms with Crippen molar-refractivity contribution in [2.45, 2.75) is 20.4 Å². The van der Waals surface area contributed by atoms with Crippen molar-refractivity contribution in [2.24, 2.45) is 0 Å². The maximum Gasteiger partial charge on any atom is 0.323 e. The average Bonchev–Trinajstić information content (AvgIpc) is 3.38. The second-order valence-electron chi connectivity index (χ2n) is 6.15. The van der Waals surface area contributed by atoms with E-state index < -0.39 is 0 Å². The molecule has 148 valence electrons. The molecule has 4 rings (SSSR count). The van der Waals surface area contributed by atoms with Crippen LogP contribution in [0.2, 0.25) is 0 Å². The first-order chi connectivity index (χ1) is 14.2. The predicted molar refractivity (Wildman–Crippen MR) is 109 cm³/mol. The topological polar surface area (TPSA) is 103 Å². The fourth-order valence-corrected chi connectivity index (χ4v) is 2.78. The van der Waals surface area contributed by atoms with Crippen molar-refractivity contribution in [3.63, 3.8) is 0 Å². The highest BCUT2D eigenvalue weighted by atomic mass is 16.5. The first-order valence-corrected chi connectivity index (χ1v) is 9.24. The van der Waals surface area contributed by atoms with Crippen LogP contribution in [0.5, 0.6) is 6.01 Å². The number of ether oxygens (including phenoxy) is 1. The smallest absolute Gasteiger partial charge is 0.323 e. The predicted octanol–water partition coefficient (Wildman–Crippen LogP) is 3.71. The van der Waals surface area contributed by atoms with Crippen molar-refractivity contribution in [3.05, 3.63) is 66.6 Å². The molecule has 3 aromatic heterocycles. The molecule has 0 atom stereocenters. The Bertz CT molecular complexity index is 1080. The Morgan fingerprint density at radius 1 is 1.10 bits per heavy atom. The van der Waals surface area contributed by atoms with Gasteiger partial charge in [-0.05, 0) is 44.2 Å². The van der Waals surface area contributed by atoms with Gasteiger partial charge in [-0.2, -0.15) is 15.0 Å². The fourth-order valence-electron chi connectivity index (χ4n) is 2.78. The van der Waals surface area contributed by atoms with Gasteiger partial charge in [-0.3, -0.25) is 0 Å². The van der Waals surface area contributed by atoms with E-state index in [9.17, 15) is 0 Å². The van der Waals surface area contributed by atoms with Crippen molar-refractivity contribution in [3.8, 4) is 11.7 Å². The van der Waals surface area contributed by atoms with Crippen LogP contribution in [0.25, 0.3) is 5.69 Å². The molecular weight excluding hydrogens is 370 g/mol. The molecule has 0 aliphatic heterocycles. The molecule has 0 saturated heterocycles. The summed E-state index contributed by atoms with van der Waals surface area (Å²) in [5, 5.41) is 6.34. The second-order valence-corrected chi connectivity index (χ2v) is 6.15. The van der Waals surface area contributed by atoms with Crippen molar-refractivity contribution >= 4 is 17.6 Å². The zero-order chi connectivity index (χ0) is 20.1. The van der Waals surface area contributed by atoms with Gasteiger partial charge in [0.25, 0.3) is 0 Å². The van der Waals surface area contributed by atoms with E-state index >= 15 is 0 Å². The zero-order valence-electron chi connectivity index (χ0n) is 16.2. The molecule has 0 spiro atoms. The van der Waals surface area contributed by atoms with Crippen LogP contribution >= 0.6 is 0 Å². The highest BCUT2D eigenvalue weighted by molar-refractivity contribution is 5.58. The third kappa shape index (κ3) is 4.52. The van der Waals surface area contributed by atoms with Gasteiger partial charge in [0.2, 0.25) is 11.9 Å². The normalized spacial score (nSPS) is 10.7. The van der Waals surface area contributed by atoms with Crippen LogP contribution in [0.15, 0.2) is 59.5 Å². The van der Waals surface area contributed by atoms with Gasteiger partial charge in [0.05, 0.1) is 19.4 Å². The van der Waals surface area contributed by atoms with E-state index in [1.54, 1.807) is 12.5 Å². The maximum absolute atomic E-state index is 5.48. The van der Waals surface area contributed by atoms with Crippen molar-refractivity contribution in [1.82, 2.24) is 24.5 Å². The molecule has 0 unspecified atom stereocenters. The number of hydrogen-bond donors (Lipinski definition) is 2. The fraction of sp³-hybridized carbons (Fsp3) is 0.200. The molecule has 0 aliphatic rings. The molecule has 3 heterocycles. The van der Waals surface area contributed by atoms with Crippen molar-refractivity contribution in [2.75, 3.05) is 17.2 Å². The summed E-state index contributed by atoms with van der Waals surface area (Å²) in [5.41, 5.74) is 1.82. The maximum atomic E-state index is 5.48. The minimum atomic E-state index is 0.244. The molecule has 9 nitrogen and oxygen atoms in total. The Morgan fingerprint density at radius 3 is 2.76 bits per heavy atom. The Balaban J connectivity index is 1.56. The van der Waals surface area contributed by atoms with Crippen LogP contribution in [-0.4, -0.2) is 31.1 Å². The van der Waals surface area contributed by atoms with E-state index in [0.717, 1.165) is 23.0 Å². The van der Waals surface area contributed by atoms with Crippen LogP contribution in [0, 0.1) is 6.92 Å².